The first kappa shape index (κ1) is 27.2. The van der Waals surface area contributed by atoms with Gasteiger partial charge in [0.25, 0.3) is 0 Å². The molecule has 1 saturated heterocycles. The van der Waals surface area contributed by atoms with Crippen molar-refractivity contribution in [2.24, 2.45) is 5.92 Å². The van der Waals surface area contributed by atoms with Crippen LogP contribution in [0.25, 0.3) is 0 Å². The van der Waals surface area contributed by atoms with Crippen LogP contribution in [0.15, 0.2) is 18.2 Å². The summed E-state index contributed by atoms with van der Waals surface area (Å²) in [5, 5.41) is 17.8. The van der Waals surface area contributed by atoms with Gasteiger partial charge in [-0.2, -0.15) is 0 Å². The van der Waals surface area contributed by atoms with Gasteiger partial charge >= 0.3 is 11.9 Å². The number of methoxy groups -OCH3 is 2. The number of hydrogen-bond donors (Lipinski definition) is 3. The van der Waals surface area contributed by atoms with Crippen LogP contribution in [0.1, 0.15) is 31.7 Å². The van der Waals surface area contributed by atoms with Gasteiger partial charge in [-0.1, -0.05) is 6.07 Å². The largest absolute Gasteiger partial charge is 0.497 e. The second-order valence-corrected chi connectivity index (χ2v) is 7.18. The molecule has 0 unspecified atom stereocenters. The molecule has 1 fully saturated rings. The number of ether oxygens (including phenoxy) is 3. The molecule has 10 nitrogen and oxygen atoms in total. The molecule has 0 spiro atoms. The predicted molar refractivity (Wildman–Crippen MR) is 117 cm³/mol. The Labute approximate surface area is 188 Å². The molecule has 10 heteroatoms. The van der Waals surface area contributed by atoms with E-state index in [1.54, 1.807) is 14.2 Å². The van der Waals surface area contributed by atoms with Gasteiger partial charge in [-0.15, -0.1) is 0 Å². The van der Waals surface area contributed by atoms with Gasteiger partial charge in [-0.25, -0.2) is 9.59 Å². The Hall–Kier alpha value is -2.85. The van der Waals surface area contributed by atoms with Gasteiger partial charge in [0, 0.05) is 43.9 Å². The normalized spacial score (nSPS) is 14.1. The van der Waals surface area contributed by atoms with Crippen LogP contribution in [0.3, 0.4) is 0 Å². The highest BCUT2D eigenvalue weighted by Gasteiger charge is 2.25. The Kier molecular flexibility index (Phi) is 12.8. The molecule has 0 aliphatic carbocycles. The average Bonchev–Trinajstić information content (AvgIpc) is 2.79. The first-order chi connectivity index (χ1) is 15.3. The first-order valence-corrected chi connectivity index (χ1v) is 10.6. The van der Waals surface area contributed by atoms with Crippen molar-refractivity contribution in [2.75, 3.05) is 47.1 Å². The summed E-state index contributed by atoms with van der Waals surface area (Å²) in [7, 11) is 3.33. The Bertz CT molecular complexity index is 721. The summed E-state index contributed by atoms with van der Waals surface area (Å²) < 4.78 is 16.0. The monoisotopic (exact) mass is 454 g/mol. The Balaban J connectivity index is 0.000000751. The molecule has 1 aromatic carbocycles. The van der Waals surface area contributed by atoms with E-state index in [0.717, 1.165) is 62.6 Å². The number of nitrogens with one attached hydrogen (secondary N) is 1. The molecule has 180 valence electrons. The highest BCUT2D eigenvalue weighted by molar-refractivity contribution is 6.27. The minimum absolute atomic E-state index is 0.121. The number of carbonyl (C=O) groups is 3. The van der Waals surface area contributed by atoms with Crippen LogP contribution in [-0.4, -0.2) is 80.0 Å². The Morgan fingerprint density at radius 2 is 1.75 bits per heavy atom. The average molecular weight is 455 g/mol. The number of likely N-dealkylation sites (tertiary alicyclic amines) is 1. The Morgan fingerprint density at radius 1 is 1.09 bits per heavy atom. The fraction of sp³-hybridized carbons (Fsp3) is 0.591. The maximum absolute atomic E-state index is 12.3. The zero-order valence-corrected chi connectivity index (χ0v) is 19.0. The molecule has 0 saturated carbocycles. The number of carbonyl (C=O) groups excluding carboxylic acids is 1. The maximum atomic E-state index is 12.3. The Morgan fingerprint density at radius 3 is 2.28 bits per heavy atom. The van der Waals surface area contributed by atoms with E-state index < -0.39 is 11.9 Å². The van der Waals surface area contributed by atoms with Crippen molar-refractivity contribution in [3.8, 4) is 11.5 Å². The number of hydrogen-bond acceptors (Lipinski definition) is 7. The molecule has 32 heavy (non-hydrogen) atoms. The molecule has 0 aromatic heterocycles. The zero-order valence-electron chi connectivity index (χ0n) is 19.0. The molecule has 1 aliphatic heterocycles. The lowest BCUT2D eigenvalue weighted by molar-refractivity contribution is -0.159. The van der Waals surface area contributed by atoms with Crippen molar-refractivity contribution in [2.45, 2.75) is 32.7 Å². The van der Waals surface area contributed by atoms with Crippen molar-refractivity contribution in [3.05, 3.63) is 23.8 Å². The number of benzene rings is 1. The summed E-state index contributed by atoms with van der Waals surface area (Å²) in [5.74, 6) is -1.70. The highest BCUT2D eigenvalue weighted by atomic mass is 16.5. The molecule has 1 aromatic rings. The lowest BCUT2D eigenvalue weighted by Crippen LogP contribution is -2.40. The van der Waals surface area contributed by atoms with Crippen molar-refractivity contribution < 1.29 is 38.8 Å². The number of piperidine rings is 1. The quantitative estimate of drug-likeness (QED) is 0.356. The number of nitrogens with zero attached hydrogens (tertiary/aromatic N) is 1. The lowest BCUT2D eigenvalue weighted by Gasteiger charge is -2.31. The van der Waals surface area contributed by atoms with Gasteiger partial charge in [0.1, 0.15) is 11.5 Å². The molecule has 2 rings (SSSR count). The summed E-state index contributed by atoms with van der Waals surface area (Å²) in [5.41, 5.74) is 1.15. The van der Waals surface area contributed by atoms with Crippen LogP contribution < -0.4 is 14.8 Å². The number of amides is 1. The van der Waals surface area contributed by atoms with Crippen LogP contribution in [0, 0.1) is 5.92 Å². The fourth-order valence-corrected chi connectivity index (χ4v) is 3.25. The lowest BCUT2D eigenvalue weighted by atomic mass is 9.95. The maximum Gasteiger partial charge on any atom is 0.414 e. The molecular formula is C22H34N2O8. The van der Waals surface area contributed by atoms with Crippen molar-refractivity contribution >= 4 is 17.8 Å². The topological polar surface area (TPSA) is 135 Å². The SMILES string of the molecule is CCOCCCNC(=O)C1CCN(Cc2ccc(OC)cc2OC)CC1.O=C(O)C(=O)O. The first-order valence-electron chi connectivity index (χ1n) is 10.6. The van der Waals surface area contributed by atoms with E-state index in [2.05, 4.69) is 16.3 Å². The smallest absolute Gasteiger partial charge is 0.414 e. The van der Waals surface area contributed by atoms with E-state index in [4.69, 9.17) is 34.0 Å². The number of carboxylic acids is 2. The number of aliphatic carboxylic acids is 2. The minimum Gasteiger partial charge on any atom is -0.497 e. The van der Waals surface area contributed by atoms with Crippen molar-refractivity contribution in [1.29, 1.82) is 0 Å². The molecule has 1 heterocycles. The van der Waals surface area contributed by atoms with Crippen LogP contribution in [-0.2, 0) is 25.7 Å². The fourth-order valence-electron chi connectivity index (χ4n) is 3.25. The van der Waals surface area contributed by atoms with Crippen LogP contribution in [0.2, 0.25) is 0 Å². The van der Waals surface area contributed by atoms with Gasteiger partial charge in [0.05, 0.1) is 14.2 Å². The van der Waals surface area contributed by atoms with Gasteiger partial charge in [0.2, 0.25) is 5.91 Å². The molecule has 0 bridgehead atoms. The predicted octanol–water partition coefficient (Wildman–Crippen LogP) is 1.61. The molecule has 0 radical (unpaired) electrons. The standard InChI is InChI=1S/C20H32N2O4.C2H2O4/c1-4-26-13-5-10-21-20(23)16-8-11-22(12-9-16)15-17-6-7-18(24-2)14-19(17)25-3;3-1(4)2(5)6/h6-7,14,16H,4-5,8-13,15H2,1-3H3,(H,21,23);(H,3,4)(H,5,6). The zero-order chi connectivity index (χ0) is 23.9. The van der Waals surface area contributed by atoms with E-state index in [9.17, 15) is 4.79 Å². The van der Waals surface area contributed by atoms with Gasteiger partial charge in [0.15, 0.2) is 0 Å². The second kappa shape index (κ2) is 15.0. The van der Waals surface area contributed by atoms with Crippen LogP contribution >= 0.6 is 0 Å². The van der Waals surface area contributed by atoms with E-state index in [1.807, 2.05) is 19.1 Å². The second-order valence-electron chi connectivity index (χ2n) is 7.18. The summed E-state index contributed by atoms with van der Waals surface area (Å²) in [6, 6.07) is 5.92. The van der Waals surface area contributed by atoms with E-state index in [-0.39, 0.29) is 11.8 Å². The molecular weight excluding hydrogens is 420 g/mol. The molecule has 1 amide bonds. The molecule has 3 N–H and O–H groups in total. The highest BCUT2D eigenvalue weighted by Crippen LogP contribution is 2.27. The third-order valence-electron chi connectivity index (χ3n) is 5.00. The van der Waals surface area contributed by atoms with Crippen LogP contribution in [0.4, 0.5) is 0 Å². The molecule has 1 aliphatic rings. The molecule has 0 atom stereocenters. The summed E-state index contributed by atoms with van der Waals surface area (Å²) >= 11 is 0. The van der Waals surface area contributed by atoms with Crippen molar-refractivity contribution in [3.63, 3.8) is 0 Å². The van der Waals surface area contributed by atoms with Crippen LogP contribution in [0.5, 0.6) is 11.5 Å². The van der Waals surface area contributed by atoms with E-state index in [0.29, 0.717) is 13.2 Å². The van der Waals surface area contributed by atoms with E-state index >= 15 is 0 Å². The summed E-state index contributed by atoms with van der Waals surface area (Å²) in [6.07, 6.45) is 2.67. The third kappa shape index (κ3) is 9.97. The number of carboxylic acid groups (broad SMARTS) is 2. The van der Waals surface area contributed by atoms with Gasteiger partial charge in [-0.3, -0.25) is 9.69 Å². The van der Waals surface area contributed by atoms with Gasteiger partial charge in [-0.05, 0) is 45.3 Å². The summed E-state index contributed by atoms with van der Waals surface area (Å²) in [4.78, 5) is 32.8. The van der Waals surface area contributed by atoms with Crippen molar-refractivity contribution in [1.82, 2.24) is 10.2 Å². The number of rotatable bonds is 10. The third-order valence-corrected chi connectivity index (χ3v) is 5.00. The van der Waals surface area contributed by atoms with Gasteiger partial charge < -0.3 is 29.7 Å². The minimum atomic E-state index is -1.82. The summed E-state index contributed by atoms with van der Waals surface area (Å²) in [6.45, 7) is 6.79. The van der Waals surface area contributed by atoms with E-state index in [1.165, 1.54) is 0 Å².